The third-order valence-corrected chi connectivity index (χ3v) is 8.13. The van der Waals surface area contributed by atoms with Crippen LogP contribution in [0, 0.1) is 17.1 Å². The number of benzene rings is 6. The number of nitrogens with zero attached hydrogens (tertiary/aromatic N) is 5. The molecule has 0 atom stereocenters. The lowest BCUT2D eigenvalue weighted by atomic mass is 10.00. The lowest BCUT2D eigenvalue weighted by Crippen LogP contribution is -2.02. The van der Waals surface area contributed by atoms with E-state index in [2.05, 4.69) is 22.8 Å². The molecule has 0 unspecified atom stereocenters. The first kappa shape index (κ1) is 27.1. The van der Waals surface area contributed by atoms with E-state index in [0.29, 0.717) is 23.0 Å². The summed E-state index contributed by atoms with van der Waals surface area (Å²) in [5.41, 5.74) is 7.30. The fourth-order valence-corrected chi connectivity index (χ4v) is 5.99. The highest BCUT2D eigenvalue weighted by atomic mass is 19.1. The molecule has 0 aliphatic rings. The number of aromatic nitrogens is 4. The van der Waals surface area contributed by atoms with Crippen LogP contribution in [0.4, 0.5) is 4.39 Å². The van der Waals surface area contributed by atoms with Gasteiger partial charge in [0.05, 0.1) is 28.4 Å². The molecule has 0 bridgehead atoms. The van der Waals surface area contributed by atoms with Gasteiger partial charge in [0.2, 0.25) is 0 Å². The number of rotatable bonds is 5. The Labute approximate surface area is 264 Å². The lowest BCUT2D eigenvalue weighted by Gasteiger charge is -2.16. The second kappa shape index (κ2) is 11.2. The highest BCUT2D eigenvalue weighted by Crippen LogP contribution is 2.38. The van der Waals surface area contributed by atoms with Gasteiger partial charge in [-0.3, -0.25) is 0 Å². The van der Waals surface area contributed by atoms with Crippen molar-refractivity contribution in [3.8, 4) is 57.0 Å². The van der Waals surface area contributed by atoms with Crippen molar-refractivity contribution in [2.45, 2.75) is 0 Å². The third kappa shape index (κ3) is 4.77. The fraction of sp³-hybridized carbons (Fsp3) is 0. The predicted octanol–water partition coefficient (Wildman–Crippen LogP) is 9.65. The number of hydrogen-bond acceptors (Lipinski definition) is 4. The lowest BCUT2D eigenvalue weighted by molar-refractivity contribution is 0.628. The van der Waals surface area contributed by atoms with E-state index in [-0.39, 0.29) is 5.82 Å². The molecule has 0 fully saturated rings. The quantitative estimate of drug-likeness (QED) is 0.199. The van der Waals surface area contributed by atoms with E-state index in [1.807, 2.05) is 115 Å². The maximum Gasteiger partial charge on any atom is 0.164 e. The minimum atomic E-state index is -0.320. The van der Waals surface area contributed by atoms with Crippen LogP contribution in [0.2, 0.25) is 0 Å². The van der Waals surface area contributed by atoms with Crippen LogP contribution in [0.25, 0.3) is 72.8 Å². The molecule has 216 valence electrons. The molecule has 0 saturated heterocycles. The van der Waals surface area contributed by atoms with Gasteiger partial charge in [-0.15, -0.1) is 0 Å². The summed E-state index contributed by atoms with van der Waals surface area (Å²) in [5, 5.41) is 11.9. The molecule has 6 heteroatoms. The Morgan fingerprint density at radius 3 is 1.78 bits per heavy atom. The molecule has 46 heavy (non-hydrogen) atoms. The molecule has 0 aliphatic heterocycles. The van der Waals surface area contributed by atoms with Crippen molar-refractivity contribution in [1.29, 1.82) is 5.26 Å². The average molecular weight is 594 g/mol. The number of halogens is 1. The van der Waals surface area contributed by atoms with Crippen molar-refractivity contribution in [3.05, 3.63) is 157 Å². The highest BCUT2D eigenvalue weighted by molar-refractivity contribution is 6.10. The molecule has 0 radical (unpaired) electrons. The van der Waals surface area contributed by atoms with E-state index in [9.17, 15) is 9.65 Å². The summed E-state index contributed by atoms with van der Waals surface area (Å²) < 4.78 is 16.8. The van der Waals surface area contributed by atoms with Crippen molar-refractivity contribution >= 4 is 21.8 Å². The Bertz CT molecular complexity index is 2390. The monoisotopic (exact) mass is 593 g/mol. The topological polar surface area (TPSA) is 67.4 Å². The maximum atomic E-state index is 14.6. The number of nitriles is 1. The van der Waals surface area contributed by atoms with E-state index in [0.717, 1.165) is 55.3 Å². The van der Waals surface area contributed by atoms with Crippen LogP contribution in [0.5, 0.6) is 0 Å². The predicted molar refractivity (Wildman–Crippen MR) is 181 cm³/mol. The number of hydrogen-bond donors (Lipinski definition) is 0. The van der Waals surface area contributed by atoms with E-state index in [4.69, 9.17) is 15.0 Å². The smallest absolute Gasteiger partial charge is 0.164 e. The van der Waals surface area contributed by atoms with Gasteiger partial charge in [0.1, 0.15) is 5.82 Å². The summed E-state index contributed by atoms with van der Waals surface area (Å²) in [6.07, 6.45) is 0. The number of para-hydroxylation sites is 1. The van der Waals surface area contributed by atoms with Gasteiger partial charge in [-0.05, 0) is 42.0 Å². The second-order valence-electron chi connectivity index (χ2n) is 11.0. The van der Waals surface area contributed by atoms with Gasteiger partial charge in [-0.25, -0.2) is 19.3 Å². The molecule has 8 rings (SSSR count). The summed E-state index contributed by atoms with van der Waals surface area (Å²) in [4.78, 5) is 14.8. The normalized spacial score (nSPS) is 11.1. The fourth-order valence-electron chi connectivity index (χ4n) is 5.99. The zero-order valence-electron chi connectivity index (χ0n) is 24.5. The van der Waals surface area contributed by atoms with Gasteiger partial charge >= 0.3 is 0 Å². The van der Waals surface area contributed by atoms with Crippen molar-refractivity contribution in [2.24, 2.45) is 0 Å². The van der Waals surface area contributed by atoms with Crippen LogP contribution in [0.1, 0.15) is 5.56 Å². The summed E-state index contributed by atoms with van der Waals surface area (Å²) in [6.45, 7) is 0. The molecule has 0 saturated carbocycles. The molecule has 0 spiro atoms. The van der Waals surface area contributed by atoms with Crippen LogP contribution in [-0.4, -0.2) is 19.5 Å². The molecule has 0 amide bonds. The SMILES string of the molecule is N#Cc1ccc2c3ccccc3n(-c3cc(-c4nc(-c5ccccc5)nc(-c5ccccc5)n4)ccc3-c3cccc(F)c3)c2c1. The largest absolute Gasteiger partial charge is 0.309 e. The van der Waals surface area contributed by atoms with Crippen LogP contribution in [0.3, 0.4) is 0 Å². The molecule has 8 aromatic rings. The first-order valence-corrected chi connectivity index (χ1v) is 14.9. The Balaban J connectivity index is 1.43. The second-order valence-corrected chi connectivity index (χ2v) is 11.0. The number of fused-ring (bicyclic) bond motifs is 3. The maximum absolute atomic E-state index is 14.6. The Morgan fingerprint density at radius 1 is 0.500 bits per heavy atom. The van der Waals surface area contributed by atoms with Gasteiger partial charge in [0.15, 0.2) is 17.5 Å². The van der Waals surface area contributed by atoms with Gasteiger partial charge < -0.3 is 4.57 Å². The Kier molecular flexibility index (Phi) is 6.63. The molecule has 0 N–H and O–H groups in total. The minimum absolute atomic E-state index is 0.320. The van der Waals surface area contributed by atoms with Crippen LogP contribution >= 0.6 is 0 Å². The summed E-state index contributed by atoms with van der Waals surface area (Å²) >= 11 is 0. The zero-order chi connectivity index (χ0) is 31.0. The summed E-state index contributed by atoms with van der Waals surface area (Å²) in [7, 11) is 0. The third-order valence-electron chi connectivity index (χ3n) is 8.13. The van der Waals surface area contributed by atoms with Crippen LogP contribution in [0.15, 0.2) is 146 Å². The Morgan fingerprint density at radius 2 is 1.11 bits per heavy atom. The van der Waals surface area contributed by atoms with E-state index in [1.165, 1.54) is 12.1 Å². The molecule has 2 aromatic heterocycles. The molecular formula is C40H24FN5. The molecule has 2 heterocycles. The molecule has 5 nitrogen and oxygen atoms in total. The zero-order valence-corrected chi connectivity index (χ0v) is 24.5. The average Bonchev–Trinajstić information content (AvgIpc) is 3.45. The van der Waals surface area contributed by atoms with Crippen molar-refractivity contribution in [2.75, 3.05) is 0 Å². The Hall–Kier alpha value is -6.45. The van der Waals surface area contributed by atoms with Gasteiger partial charge in [0.25, 0.3) is 0 Å². The highest BCUT2D eigenvalue weighted by Gasteiger charge is 2.19. The van der Waals surface area contributed by atoms with Gasteiger partial charge in [-0.2, -0.15) is 5.26 Å². The first-order chi connectivity index (χ1) is 22.7. The van der Waals surface area contributed by atoms with Crippen LogP contribution in [-0.2, 0) is 0 Å². The molecule has 0 aliphatic carbocycles. The summed E-state index contributed by atoms with van der Waals surface area (Å²) in [6, 6.07) is 48.5. The van der Waals surface area contributed by atoms with E-state index >= 15 is 0 Å². The van der Waals surface area contributed by atoms with E-state index < -0.39 is 0 Å². The van der Waals surface area contributed by atoms with Gasteiger partial charge in [0, 0.05) is 33.0 Å². The van der Waals surface area contributed by atoms with Crippen LogP contribution < -0.4 is 0 Å². The van der Waals surface area contributed by atoms with Crippen molar-refractivity contribution in [3.63, 3.8) is 0 Å². The van der Waals surface area contributed by atoms with Crippen molar-refractivity contribution < 1.29 is 4.39 Å². The van der Waals surface area contributed by atoms with Crippen molar-refractivity contribution in [1.82, 2.24) is 19.5 Å². The van der Waals surface area contributed by atoms with Gasteiger partial charge in [-0.1, -0.05) is 109 Å². The minimum Gasteiger partial charge on any atom is -0.309 e. The first-order valence-electron chi connectivity index (χ1n) is 14.9. The van der Waals surface area contributed by atoms with E-state index in [1.54, 1.807) is 6.07 Å². The molecule has 6 aromatic carbocycles. The standard InChI is InChI=1S/C40H24FN5/c41-31-15-9-14-29(23-31)32-21-19-30(24-37(32)46-35-17-8-7-16-33(35)34-20-18-26(25-42)22-36(34)46)40-44-38(27-10-3-1-4-11-27)43-39(45-40)28-12-5-2-6-13-28/h1-24H. The summed E-state index contributed by atoms with van der Waals surface area (Å²) in [5.74, 6) is 1.32. The molecular weight excluding hydrogens is 569 g/mol.